The molecule has 0 atom stereocenters. The van der Waals surface area contributed by atoms with E-state index in [-0.39, 0.29) is 5.60 Å². The number of ether oxygens (including phenoxy) is 2. The zero-order valence-corrected chi connectivity index (χ0v) is 11.9. The number of pyridine rings is 1. The van der Waals surface area contributed by atoms with Crippen LogP contribution in [-0.2, 0) is 11.3 Å². The molecule has 0 amide bonds. The Labute approximate surface area is 115 Å². The molecule has 1 aliphatic rings. The van der Waals surface area contributed by atoms with Crippen LogP contribution < -0.4 is 10.5 Å². The van der Waals surface area contributed by atoms with Crippen molar-refractivity contribution in [3.63, 3.8) is 0 Å². The molecule has 1 aliphatic carbocycles. The fraction of sp³-hybridized carbons (Fsp3) is 0.667. The molecule has 19 heavy (non-hydrogen) atoms. The minimum absolute atomic E-state index is 0.142. The topological polar surface area (TPSA) is 57.4 Å². The number of hydrogen-bond donors (Lipinski definition) is 1. The number of hydrogen-bond acceptors (Lipinski definition) is 4. The lowest BCUT2D eigenvalue weighted by atomic mass is 9.85. The smallest absolute Gasteiger partial charge is 0.122 e. The zero-order valence-electron chi connectivity index (χ0n) is 11.9. The van der Waals surface area contributed by atoms with Crippen molar-refractivity contribution in [3.05, 3.63) is 23.5 Å². The van der Waals surface area contributed by atoms with E-state index in [1.54, 1.807) is 7.11 Å². The van der Waals surface area contributed by atoms with E-state index in [0.717, 1.165) is 30.0 Å². The van der Waals surface area contributed by atoms with Crippen LogP contribution in [0.1, 0.15) is 43.5 Å². The van der Waals surface area contributed by atoms with Crippen molar-refractivity contribution in [2.45, 2.75) is 51.2 Å². The van der Waals surface area contributed by atoms with E-state index >= 15 is 0 Å². The molecule has 1 aromatic heterocycles. The van der Waals surface area contributed by atoms with E-state index in [4.69, 9.17) is 15.2 Å². The predicted octanol–water partition coefficient (Wildman–Crippen LogP) is 2.58. The van der Waals surface area contributed by atoms with Crippen LogP contribution in [-0.4, -0.2) is 24.2 Å². The minimum atomic E-state index is -0.142. The van der Waals surface area contributed by atoms with E-state index < -0.39 is 0 Å². The van der Waals surface area contributed by atoms with Gasteiger partial charge in [-0.25, -0.2) is 0 Å². The number of rotatable bonds is 5. The van der Waals surface area contributed by atoms with Crippen molar-refractivity contribution in [3.8, 4) is 5.75 Å². The highest BCUT2D eigenvalue weighted by Crippen LogP contribution is 2.31. The summed E-state index contributed by atoms with van der Waals surface area (Å²) >= 11 is 0. The molecular weight excluding hydrogens is 240 g/mol. The highest BCUT2D eigenvalue weighted by atomic mass is 16.5. The first-order valence-electron chi connectivity index (χ1n) is 7.03. The lowest BCUT2D eigenvalue weighted by Crippen LogP contribution is -2.42. The Balaban J connectivity index is 2.02. The van der Waals surface area contributed by atoms with Crippen LogP contribution in [0.5, 0.6) is 5.75 Å². The van der Waals surface area contributed by atoms with Crippen molar-refractivity contribution in [2.24, 2.45) is 5.73 Å². The molecule has 0 unspecified atom stereocenters. The van der Waals surface area contributed by atoms with Gasteiger partial charge in [-0.1, -0.05) is 19.3 Å². The predicted molar refractivity (Wildman–Crippen MR) is 75.2 cm³/mol. The number of aryl methyl sites for hydroxylation is 1. The summed E-state index contributed by atoms with van der Waals surface area (Å²) in [6.07, 6.45) is 5.84. The van der Waals surface area contributed by atoms with Gasteiger partial charge >= 0.3 is 0 Å². The molecule has 0 aliphatic heterocycles. The summed E-state index contributed by atoms with van der Waals surface area (Å²) in [5.74, 6) is 0.830. The van der Waals surface area contributed by atoms with Gasteiger partial charge in [0.2, 0.25) is 0 Å². The maximum Gasteiger partial charge on any atom is 0.122 e. The number of methoxy groups -OCH3 is 1. The second-order valence-corrected chi connectivity index (χ2v) is 5.38. The molecule has 4 heteroatoms. The highest BCUT2D eigenvalue weighted by molar-refractivity contribution is 5.26. The Hall–Kier alpha value is -1.13. The molecule has 1 fully saturated rings. The fourth-order valence-electron chi connectivity index (χ4n) is 2.73. The van der Waals surface area contributed by atoms with E-state index in [9.17, 15) is 0 Å². The Morgan fingerprint density at radius 3 is 2.63 bits per heavy atom. The number of aromatic nitrogens is 1. The molecule has 1 heterocycles. The van der Waals surface area contributed by atoms with Crippen LogP contribution >= 0.6 is 0 Å². The molecule has 0 spiro atoms. The molecule has 0 saturated heterocycles. The largest absolute Gasteiger partial charge is 0.497 e. The zero-order chi connectivity index (χ0) is 13.7. The maximum atomic E-state index is 6.12. The molecule has 1 aromatic rings. The van der Waals surface area contributed by atoms with Crippen LogP contribution in [0.4, 0.5) is 0 Å². The standard InChI is InChI=1S/C15H24N2O2/c1-12-8-14(18-2)9-13(17-12)10-19-15(11-16)6-4-3-5-7-15/h8-9H,3-7,10-11,16H2,1-2H3. The van der Waals surface area contributed by atoms with Gasteiger partial charge in [0, 0.05) is 24.4 Å². The quantitative estimate of drug-likeness (QED) is 0.888. The van der Waals surface area contributed by atoms with Gasteiger partial charge < -0.3 is 15.2 Å². The van der Waals surface area contributed by atoms with Crippen molar-refractivity contribution in [1.82, 2.24) is 4.98 Å². The van der Waals surface area contributed by atoms with E-state index in [1.807, 2.05) is 19.1 Å². The third kappa shape index (κ3) is 3.67. The van der Waals surface area contributed by atoms with Crippen LogP contribution in [0.2, 0.25) is 0 Å². The van der Waals surface area contributed by atoms with E-state index in [2.05, 4.69) is 4.98 Å². The van der Waals surface area contributed by atoms with Gasteiger partial charge in [0.1, 0.15) is 5.75 Å². The van der Waals surface area contributed by atoms with Gasteiger partial charge in [0.05, 0.1) is 25.0 Å². The second-order valence-electron chi connectivity index (χ2n) is 5.38. The molecular formula is C15H24N2O2. The SMILES string of the molecule is COc1cc(C)nc(COC2(CN)CCCCC2)c1. The highest BCUT2D eigenvalue weighted by Gasteiger charge is 2.31. The Morgan fingerprint density at radius 1 is 1.26 bits per heavy atom. The maximum absolute atomic E-state index is 6.12. The minimum Gasteiger partial charge on any atom is -0.497 e. The van der Waals surface area contributed by atoms with Gasteiger partial charge in [0.15, 0.2) is 0 Å². The molecule has 2 N–H and O–H groups in total. The molecule has 0 radical (unpaired) electrons. The molecule has 106 valence electrons. The molecule has 1 saturated carbocycles. The second kappa shape index (κ2) is 6.35. The van der Waals surface area contributed by atoms with Crippen LogP contribution in [0.15, 0.2) is 12.1 Å². The van der Waals surface area contributed by atoms with Crippen molar-refractivity contribution in [2.75, 3.05) is 13.7 Å². The summed E-state index contributed by atoms with van der Waals surface area (Å²) < 4.78 is 11.4. The third-order valence-corrected chi connectivity index (χ3v) is 3.88. The van der Waals surface area contributed by atoms with E-state index in [1.165, 1.54) is 19.3 Å². The Kier molecular flexibility index (Phi) is 4.77. The molecule has 0 aromatic carbocycles. The molecule has 0 bridgehead atoms. The van der Waals surface area contributed by atoms with Crippen molar-refractivity contribution < 1.29 is 9.47 Å². The Morgan fingerprint density at radius 2 is 2.00 bits per heavy atom. The summed E-state index contributed by atoms with van der Waals surface area (Å²) in [5, 5.41) is 0. The summed E-state index contributed by atoms with van der Waals surface area (Å²) in [7, 11) is 1.67. The lowest BCUT2D eigenvalue weighted by molar-refractivity contribution is -0.0745. The van der Waals surface area contributed by atoms with Crippen LogP contribution in [0.3, 0.4) is 0 Å². The van der Waals surface area contributed by atoms with Crippen LogP contribution in [0, 0.1) is 6.92 Å². The third-order valence-electron chi connectivity index (χ3n) is 3.88. The first kappa shape index (κ1) is 14.3. The first-order chi connectivity index (χ1) is 9.17. The number of nitrogens with two attached hydrogens (primary N) is 1. The monoisotopic (exact) mass is 264 g/mol. The summed E-state index contributed by atoms with van der Waals surface area (Å²) in [5.41, 5.74) is 7.64. The average molecular weight is 264 g/mol. The molecule has 2 rings (SSSR count). The van der Waals surface area contributed by atoms with Gasteiger partial charge in [-0.3, -0.25) is 4.98 Å². The van der Waals surface area contributed by atoms with E-state index in [0.29, 0.717) is 13.2 Å². The van der Waals surface area contributed by atoms with Gasteiger partial charge in [-0.05, 0) is 19.8 Å². The fourth-order valence-corrected chi connectivity index (χ4v) is 2.73. The van der Waals surface area contributed by atoms with Crippen molar-refractivity contribution in [1.29, 1.82) is 0 Å². The molecule has 4 nitrogen and oxygen atoms in total. The van der Waals surface area contributed by atoms with Crippen molar-refractivity contribution >= 4 is 0 Å². The van der Waals surface area contributed by atoms with Gasteiger partial charge in [-0.15, -0.1) is 0 Å². The average Bonchev–Trinajstić information content (AvgIpc) is 2.45. The summed E-state index contributed by atoms with van der Waals surface area (Å²) in [6, 6.07) is 3.85. The van der Waals surface area contributed by atoms with Crippen LogP contribution in [0.25, 0.3) is 0 Å². The first-order valence-corrected chi connectivity index (χ1v) is 7.03. The summed E-state index contributed by atoms with van der Waals surface area (Å²) in [6.45, 7) is 3.07. The van der Waals surface area contributed by atoms with Gasteiger partial charge in [-0.2, -0.15) is 0 Å². The lowest BCUT2D eigenvalue weighted by Gasteiger charge is -2.36. The summed E-state index contributed by atoms with van der Waals surface area (Å²) in [4.78, 5) is 4.49. The number of nitrogens with zero attached hydrogens (tertiary/aromatic N) is 1. The normalized spacial score (nSPS) is 18.3. The Bertz CT molecular complexity index is 415. The van der Waals surface area contributed by atoms with Gasteiger partial charge in [0.25, 0.3) is 0 Å².